The van der Waals surface area contributed by atoms with Crippen molar-refractivity contribution >= 4 is 0 Å². The molecule has 1 nitrogen and oxygen atoms in total. The average Bonchev–Trinajstić information content (AvgIpc) is 2.04. The SMILES string of the molecule is CC(C)C1=C(C#N)CCC(F)=C1. The lowest BCUT2D eigenvalue weighted by molar-refractivity contribution is 0.573. The first-order valence-corrected chi connectivity index (χ1v) is 4.14. The van der Waals surface area contributed by atoms with Gasteiger partial charge in [0.05, 0.1) is 6.07 Å². The molecule has 0 atom stereocenters. The second-order valence-corrected chi connectivity index (χ2v) is 3.29. The zero-order valence-electron chi connectivity index (χ0n) is 7.39. The first-order chi connectivity index (χ1) is 5.65. The van der Waals surface area contributed by atoms with Crippen LogP contribution >= 0.6 is 0 Å². The number of halogens is 1. The van der Waals surface area contributed by atoms with Crippen LogP contribution in [0.5, 0.6) is 0 Å². The number of allylic oxidation sites excluding steroid dienone is 4. The van der Waals surface area contributed by atoms with E-state index in [-0.39, 0.29) is 11.7 Å². The van der Waals surface area contributed by atoms with E-state index in [1.807, 2.05) is 13.8 Å². The minimum absolute atomic E-state index is 0.0994. The van der Waals surface area contributed by atoms with E-state index in [1.165, 1.54) is 6.08 Å². The van der Waals surface area contributed by atoms with Crippen LogP contribution in [0.25, 0.3) is 0 Å². The molecule has 0 aromatic carbocycles. The van der Waals surface area contributed by atoms with Crippen molar-refractivity contribution in [3.05, 3.63) is 23.0 Å². The average molecular weight is 165 g/mol. The van der Waals surface area contributed by atoms with E-state index in [1.54, 1.807) is 0 Å². The highest BCUT2D eigenvalue weighted by molar-refractivity contribution is 5.40. The van der Waals surface area contributed by atoms with E-state index < -0.39 is 0 Å². The van der Waals surface area contributed by atoms with Crippen molar-refractivity contribution in [1.29, 1.82) is 5.26 Å². The fourth-order valence-electron chi connectivity index (χ4n) is 1.35. The minimum atomic E-state index is -0.0994. The van der Waals surface area contributed by atoms with Gasteiger partial charge in [0.25, 0.3) is 0 Å². The van der Waals surface area contributed by atoms with E-state index in [2.05, 4.69) is 6.07 Å². The number of hydrogen-bond donors (Lipinski definition) is 0. The Bertz CT molecular complexity index is 279. The van der Waals surface area contributed by atoms with Crippen molar-refractivity contribution in [2.24, 2.45) is 5.92 Å². The zero-order valence-corrected chi connectivity index (χ0v) is 7.39. The van der Waals surface area contributed by atoms with Gasteiger partial charge in [-0.05, 0) is 24.0 Å². The summed E-state index contributed by atoms with van der Waals surface area (Å²) in [7, 11) is 0. The number of rotatable bonds is 1. The maximum Gasteiger partial charge on any atom is 0.101 e. The third-order valence-corrected chi connectivity index (χ3v) is 2.03. The highest BCUT2D eigenvalue weighted by Crippen LogP contribution is 2.28. The van der Waals surface area contributed by atoms with Crippen LogP contribution in [0.2, 0.25) is 0 Å². The standard InChI is InChI=1S/C10H12FN/c1-7(2)10-5-9(11)4-3-8(10)6-12/h5,7H,3-4H2,1-2H3. The molecule has 2 heteroatoms. The summed E-state index contributed by atoms with van der Waals surface area (Å²) in [4.78, 5) is 0. The summed E-state index contributed by atoms with van der Waals surface area (Å²) in [6, 6.07) is 2.12. The molecule has 0 aliphatic heterocycles. The van der Waals surface area contributed by atoms with Crippen molar-refractivity contribution in [2.45, 2.75) is 26.7 Å². The molecule has 0 amide bonds. The lowest BCUT2D eigenvalue weighted by atomic mass is 9.90. The fraction of sp³-hybridized carbons (Fsp3) is 0.500. The number of hydrogen-bond acceptors (Lipinski definition) is 1. The zero-order chi connectivity index (χ0) is 9.14. The molecule has 0 spiro atoms. The number of nitrogens with zero attached hydrogens (tertiary/aromatic N) is 1. The van der Waals surface area contributed by atoms with Crippen LogP contribution in [-0.4, -0.2) is 0 Å². The van der Waals surface area contributed by atoms with Gasteiger partial charge in [0.15, 0.2) is 0 Å². The Hall–Kier alpha value is -1.10. The first-order valence-electron chi connectivity index (χ1n) is 4.14. The first kappa shape index (κ1) is 8.99. The molecule has 1 rings (SSSR count). The Morgan fingerprint density at radius 1 is 1.50 bits per heavy atom. The summed E-state index contributed by atoms with van der Waals surface area (Å²) >= 11 is 0. The molecule has 0 bridgehead atoms. The van der Waals surface area contributed by atoms with Gasteiger partial charge in [-0.2, -0.15) is 5.26 Å². The van der Waals surface area contributed by atoms with E-state index in [0.717, 1.165) is 11.1 Å². The van der Waals surface area contributed by atoms with Gasteiger partial charge in [-0.1, -0.05) is 13.8 Å². The molecule has 0 N–H and O–H groups in total. The molecule has 0 aromatic rings. The summed E-state index contributed by atoms with van der Waals surface area (Å²) in [6.07, 6.45) is 2.46. The molecule has 0 fully saturated rings. The molecule has 0 saturated heterocycles. The molecule has 1 aliphatic rings. The third kappa shape index (κ3) is 1.73. The van der Waals surface area contributed by atoms with Crippen LogP contribution in [0.1, 0.15) is 26.7 Å². The van der Waals surface area contributed by atoms with E-state index in [9.17, 15) is 4.39 Å². The van der Waals surface area contributed by atoms with E-state index in [4.69, 9.17) is 5.26 Å². The van der Waals surface area contributed by atoms with Crippen LogP contribution in [0.15, 0.2) is 23.0 Å². The number of nitriles is 1. The van der Waals surface area contributed by atoms with Gasteiger partial charge >= 0.3 is 0 Å². The maximum absolute atomic E-state index is 12.8. The topological polar surface area (TPSA) is 23.8 Å². The summed E-state index contributed by atoms with van der Waals surface area (Å²) in [6.45, 7) is 3.95. The van der Waals surface area contributed by atoms with E-state index in [0.29, 0.717) is 12.8 Å². The fourth-order valence-corrected chi connectivity index (χ4v) is 1.35. The molecule has 0 aromatic heterocycles. The maximum atomic E-state index is 12.8. The molecule has 64 valence electrons. The third-order valence-electron chi connectivity index (χ3n) is 2.03. The lowest BCUT2D eigenvalue weighted by Crippen LogP contribution is -2.01. The predicted octanol–water partition coefficient (Wildman–Crippen LogP) is 3.11. The van der Waals surface area contributed by atoms with Gasteiger partial charge in [0.2, 0.25) is 0 Å². The van der Waals surface area contributed by atoms with Gasteiger partial charge < -0.3 is 0 Å². The van der Waals surface area contributed by atoms with Crippen molar-refractivity contribution in [1.82, 2.24) is 0 Å². The van der Waals surface area contributed by atoms with Crippen LogP contribution in [-0.2, 0) is 0 Å². The molecule has 0 saturated carbocycles. The molecule has 12 heavy (non-hydrogen) atoms. The van der Waals surface area contributed by atoms with Crippen LogP contribution in [0, 0.1) is 17.2 Å². The summed E-state index contributed by atoms with van der Waals surface area (Å²) in [5.74, 6) is 0.142. The van der Waals surface area contributed by atoms with Crippen molar-refractivity contribution in [3.63, 3.8) is 0 Å². The van der Waals surface area contributed by atoms with Crippen molar-refractivity contribution in [2.75, 3.05) is 0 Å². The second-order valence-electron chi connectivity index (χ2n) is 3.29. The Morgan fingerprint density at radius 2 is 2.17 bits per heavy atom. The smallest absolute Gasteiger partial charge is 0.101 e. The molecular formula is C10H12FN. The van der Waals surface area contributed by atoms with Gasteiger partial charge in [-0.25, -0.2) is 4.39 Å². The minimum Gasteiger partial charge on any atom is -0.212 e. The van der Waals surface area contributed by atoms with Crippen molar-refractivity contribution < 1.29 is 4.39 Å². The van der Waals surface area contributed by atoms with Gasteiger partial charge in [0.1, 0.15) is 5.83 Å². The van der Waals surface area contributed by atoms with Crippen molar-refractivity contribution in [3.8, 4) is 6.07 Å². The van der Waals surface area contributed by atoms with Crippen LogP contribution in [0.4, 0.5) is 4.39 Å². The second kappa shape index (κ2) is 3.53. The lowest BCUT2D eigenvalue weighted by Gasteiger charge is -2.14. The largest absolute Gasteiger partial charge is 0.212 e. The van der Waals surface area contributed by atoms with Gasteiger partial charge in [-0.15, -0.1) is 0 Å². The normalized spacial score (nSPS) is 17.8. The molecule has 0 unspecified atom stereocenters. The highest BCUT2D eigenvalue weighted by Gasteiger charge is 2.14. The summed E-state index contributed by atoms with van der Waals surface area (Å²) in [5, 5.41) is 8.74. The Balaban J connectivity index is 3.03. The molecule has 0 heterocycles. The Kier molecular flexibility index (Phi) is 2.65. The van der Waals surface area contributed by atoms with Gasteiger partial charge in [-0.3, -0.25) is 0 Å². The van der Waals surface area contributed by atoms with Gasteiger partial charge in [0, 0.05) is 12.0 Å². The summed E-state index contributed by atoms with van der Waals surface area (Å²) in [5.41, 5.74) is 1.60. The summed E-state index contributed by atoms with van der Waals surface area (Å²) < 4.78 is 12.8. The van der Waals surface area contributed by atoms with Crippen LogP contribution in [0.3, 0.4) is 0 Å². The Labute approximate surface area is 72.2 Å². The molecule has 0 radical (unpaired) electrons. The van der Waals surface area contributed by atoms with Crippen LogP contribution < -0.4 is 0 Å². The monoisotopic (exact) mass is 165 g/mol. The quantitative estimate of drug-likeness (QED) is 0.585. The van der Waals surface area contributed by atoms with E-state index >= 15 is 0 Å². The molecular weight excluding hydrogens is 153 g/mol. The molecule has 1 aliphatic carbocycles. The predicted molar refractivity (Wildman–Crippen MR) is 45.9 cm³/mol. The Morgan fingerprint density at radius 3 is 2.67 bits per heavy atom. The highest BCUT2D eigenvalue weighted by atomic mass is 19.1.